The standard InChI is InChI=1S/C36H52FN7O6/c1-23(2)20-31(43-37)36(49)42-30(33(39)46)13-6-8-19-40-34(47)28-16-14-27(15-17-28)25(4)44-50-22-26-11-9-12-29(21-26)35(48)41-18-7-5-10-24(3)32(38)45/h9,11-12,14-17,21,23-24,30-31,43H,5-8,10,13,18-20,22H2,1-4H3,(H2,38,45)(H2,39,46)(H,40,47)(H,41,48)(H,42,49)/b44-25+/t24-,30-,31-/m0/s1. The van der Waals surface area contributed by atoms with Crippen molar-refractivity contribution in [2.45, 2.75) is 91.3 Å². The number of unbranched alkanes of at least 4 members (excludes halogenated alkanes) is 2. The van der Waals surface area contributed by atoms with Gasteiger partial charge in [0.15, 0.2) is 0 Å². The van der Waals surface area contributed by atoms with Crippen LogP contribution in [0.1, 0.15) is 104 Å². The van der Waals surface area contributed by atoms with Crippen molar-refractivity contribution in [3.05, 3.63) is 70.8 Å². The number of hydrogen-bond acceptors (Lipinski definition) is 8. The molecule has 0 saturated heterocycles. The van der Waals surface area contributed by atoms with Crippen molar-refractivity contribution in [3.8, 4) is 0 Å². The van der Waals surface area contributed by atoms with Crippen LogP contribution in [-0.4, -0.2) is 60.4 Å². The number of primary amides is 2. The van der Waals surface area contributed by atoms with Crippen molar-refractivity contribution in [3.63, 3.8) is 0 Å². The van der Waals surface area contributed by atoms with Gasteiger partial charge in [-0.05, 0) is 86.8 Å². The largest absolute Gasteiger partial charge is 0.391 e. The summed E-state index contributed by atoms with van der Waals surface area (Å²) in [6.07, 6.45) is 3.79. The van der Waals surface area contributed by atoms with E-state index in [-0.39, 0.29) is 49.0 Å². The van der Waals surface area contributed by atoms with Crippen molar-refractivity contribution in [2.24, 2.45) is 28.5 Å². The highest BCUT2D eigenvalue weighted by molar-refractivity contribution is 6.00. The van der Waals surface area contributed by atoms with E-state index in [1.807, 2.05) is 19.9 Å². The Kier molecular flexibility index (Phi) is 18.2. The average Bonchev–Trinajstić information content (AvgIpc) is 3.09. The maximum Gasteiger partial charge on any atom is 0.251 e. The van der Waals surface area contributed by atoms with E-state index in [0.717, 1.165) is 24.0 Å². The third-order valence-electron chi connectivity index (χ3n) is 8.04. The minimum Gasteiger partial charge on any atom is -0.391 e. The highest BCUT2D eigenvalue weighted by atomic mass is 19.2. The van der Waals surface area contributed by atoms with E-state index in [4.69, 9.17) is 16.3 Å². The molecule has 0 aliphatic rings. The Labute approximate surface area is 293 Å². The van der Waals surface area contributed by atoms with Crippen LogP contribution in [0.4, 0.5) is 4.48 Å². The highest BCUT2D eigenvalue weighted by Crippen LogP contribution is 2.11. The number of carbonyl (C=O) groups excluding carboxylic acids is 5. The number of hydrogen-bond donors (Lipinski definition) is 6. The summed E-state index contributed by atoms with van der Waals surface area (Å²) in [5.41, 5.74) is 15.3. The maximum absolute atomic E-state index is 13.1. The fourth-order valence-corrected chi connectivity index (χ4v) is 4.95. The molecule has 0 fully saturated rings. The van der Waals surface area contributed by atoms with Gasteiger partial charge in [-0.2, -0.15) is 0 Å². The molecule has 0 spiro atoms. The number of carbonyl (C=O) groups is 5. The lowest BCUT2D eigenvalue weighted by Crippen LogP contribution is -2.50. The van der Waals surface area contributed by atoms with Gasteiger partial charge in [0.05, 0.1) is 5.71 Å². The SMILES string of the molecule is C/C(=N\OCc1cccc(C(=O)NCCCC[C@H](C)C(N)=O)c1)c1ccc(C(=O)NCCCC[C@H](NC(=O)[C@H](CC(C)C)NF)C(N)=O)cc1. The van der Waals surface area contributed by atoms with Gasteiger partial charge < -0.3 is 32.3 Å². The first kappa shape index (κ1) is 41.3. The predicted octanol–water partition coefficient (Wildman–Crippen LogP) is 3.41. The number of benzene rings is 2. The molecule has 0 saturated carbocycles. The highest BCUT2D eigenvalue weighted by Gasteiger charge is 2.24. The lowest BCUT2D eigenvalue weighted by atomic mass is 10.0. The topological polar surface area (TPSA) is 207 Å². The van der Waals surface area contributed by atoms with E-state index in [1.165, 1.54) is 5.54 Å². The van der Waals surface area contributed by atoms with Crippen molar-refractivity contribution in [2.75, 3.05) is 13.1 Å². The monoisotopic (exact) mass is 697 g/mol. The molecule has 8 N–H and O–H groups in total. The van der Waals surface area contributed by atoms with Gasteiger partial charge in [0.2, 0.25) is 17.7 Å². The summed E-state index contributed by atoms with van der Waals surface area (Å²) < 4.78 is 13.1. The van der Waals surface area contributed by atoms with Crippen LogP contribution in [0.3, 0.4) is 0 Å². The van der Waals surface area contributed by atoms with Crippen molar-refractivity contribution >= 4 is 35.2 Å². The lowest BCUT2D eigenvalue weighted by molar-refractivity contribution is -0.130. The fraction of sp³-hybridized carbons (Fsp3) is 0.500. The number of nitrogens with two attached hydrogens (primary N) is 2. The van der Waals surface area contributed by atoms with Crippen LogP contribution in [-0.2, 0) is 25.8 Å². The molecule has 0 aromatic heterocycles. The smallest absolute Gasteiger partial charge is 0.251 e. The van der Waals surface area contributed by atoms with Crippen LogP contribution in [0, 0.1) is 11.8 Å². The molecule has 13 nitrogen and oxygen atoms in total. The van der Waals surface area contributed by atoms with Crippen molar-refractivity contribution in [1.82, 2.24) is 21.5 Å². The van der Waals surface area contributed by atoms with E-state index < -0.39 is 23.9 Å². The third-order valence-corrected chi connectivity index (χ3v) is 8.04. The summed E-state index contributed by atoms with van der Waals surface area (Å²) in [4.78, 5) is 66.0. The lowest BCUT2D eigenvalue weighted by Gasteiger charge is -2.20. The second-order valence-electron chi connectivity index (χ2n) is 12.8. The minimum atomic E-state index is -1.07. The van der Waals surface area contributed by atoms with Crippen LogP contribution in [0.2, 0.25) is 0 Å². The molecule has 5 amide bonds. The molecule has 0 bridgehead atoms. The molecule has 0 heterocycles. The van der Waals surface area contributed by atoms with Crippen LogP contribution in [0.5, 0.6) is 0 Å². The van der Waals surface area contributed by atoms with Crippen LogP contribution in [0.15, 0.2) is 53.7 Å². The molecule has 0 aliphatic heterocycles. The van der Waals surface area contributed by atoms with Gasteiger partial charge in [-0.25, -0.2) is 0 Å². The molecule has 2 aromatic carbocycles. The van der Waals surface area contributed by atoms with Gasteiger partial charge in [0.1, 0.15) is 18.7 Å². The normalized spacial score (nSPS) is 13.2. The van der Waals surface area contributed by atoms with E-state index >= 15 is 0 Å². The first-order chi connectivity index (χ1) is 23.8. The molecule has 2 aromatic rings. The van der Waals surface area contributed by atoms with Gasteiger partial charge in [0.25, 0.3) is 11.8 Å². The van der Waals surface area contributed by atoms with Gasteiger partial charge in [-0.3, -0.25) is 24.0 Å². The molecular weight excluding hydrogens is 645 g/mol. The molecular formula is C36H52FN7O6. The summed E-state index contributed by atoms with van der Waals surface area (Å²) in [6, 6.07) is 11.9. The summed E-state index contributed by atoms with van der Waals surface area (Å²) in [6.45, 7) is 8.28. The number of nitrogens with zero attached hydrogens (tertiary/aromatic N) is 1. The molecule has 0 aliphatic carbocycles. The van der Waals surface area contributed by atoms with Gasteiger partial charge in [-0.1, -0.05) is 56.6 Å². The van der Waals surface area contributed by atoms with E-state index in [9.17, 15) is 28.5 Å². The van der Waals surface area contributed by atoms with Crippen LogP contribution < -0.4 is 33.0 Å². The number of nitrogens with one attached hydrogen (secondary N) is 4. The Morgan fingerprint density at radius 1 is 0.780 bits per heavy atom. The number of halogens is 1. The Morgan fingerprint density at radius 2 is 1.38 bits per heavy atom. The Hall–Kier alpha value is -4.85. The zero-order valence-electron chi connectivity index (χ0n) is 29.4. The molecule has 0 radical (unpaired) electrons. The quantitative estimate of drug-likeness (QED) is 0.0441. The summed E-state index contributed by atoms with van der Waals surface area (Å²) in [5.74, 6) is -2.22. The van der Waals surface area contributed by atoms with Crippen LogP contribution in [0.25, 0.3) is 0 Å². The Morgan fingerprint density at radius 3 is 1.96 bits per heavy atom. The number of rotatable bonds is 23. The fourth-order valence-electron chi connectivity index (χ4n) is 4.95. The Balaban J connectivity index is 1.76. The first-order valence-corrected chi connectivity index (χ1v) is 17.0. The Bertz CT molecular complexity index is 1450. The van der Waals surface area contributed by atoms with Crippen molar-refractivity contribution in [1.29, 1.82) is 0 Å². The molecule has 3 atom stereocenters. The van der Waals surface area contributed by atoms with Crippen molar-refractivity contribution < 1.29 is 33.3 Å². The van der Waals surface area contributed by atoms with E-state index in [0.29, 0.717) is 49.2 Å². The molecule has 2 rings (SSSR count). The average molecular weight is 698 g/mol. The molecule has 14 heteroatoms. The van der Waals surface area contributed by atoms with Gasteiger partial charge in [0, 0.05) is 30.1 Å². The molecule has 0 unspecified atom stereocenters. The zero-order chi connectivity index (χ0) is 37.1. The molecule has 50 heavy (non-hydrogen) atoms. The third kappa shape index (κ3) is 15.1. The van der Waals surface area contributed by atoms with E-state index in [1.54, 1.807) is 56.3 Å². The van der Waals surface area contributed by atoms with Gasteiger partial charge in [-0.15, -0.1) is 10.0 Å². The van der Waals surface area contributed by atoms with Gasteiger partial charge >= 0.3 is 0 Å². The zero-order valence-corrected chi connectivity index (χ0v) is 29.4. The first-order valence-electron chi connectivity index (χ1n) is 17.0. The summed E-state index contributed by atoms with van der Waals surface area (Å²) in [5, 5.41) is 12.4. The number of amides is 5. The molecule has 274 valence electrons. The number of oxime groups is 1. The maximum atomic E-state index is 13.1. The second-order valence-corrected chi connectivity index (χ2v) is 12.8. The summed E-state index contributed by atoms with van der Waals surface area (Å²) in [7, 11) is 0. The van der Waals surface area contributed by atoms with E-state index in [2.05, 4.69) is 21.1 Å². The second kappa shape index (κ2) is 22.0. The predicted molar refractivity (Wildman–Crippen MR) is 189 cm³/mol. The van der Waals surface area contributed by atoms with Crippen LogP contribution >= 0.6 is 0 Å². The minimum absolute atomic E-state index is 0.0734. The summed E-state index contributed by atoms with van der Waals surface area (Å²) >= 11 is 0.